The number of methoxy groups -OCH3 is 3. The Labute approximate surface area is 145 Å². The van der Waals surface area contributed by atoms with Gasteiger partial charge >= 0.3 is 0 Å². The van der Waals surface area contributed by atoms with Crippen LogP contribution in [0.15, 0.2) is 48.8 Å². The Morgan fingerprint density at radius 1 is 0.800 bits per heavy atom. The zero-order chi connectivity index (χ0) is 17.8. The van der Waals surface area contributed by atoms with E-state index in [2.05, 4.69) is 9.97 Å². The Hall–Kier alpha value is -3.28. The van der Waals surface area contributed by atoms with Gasteiger partial charge in [-0.15, -0.1) is 0 Å². The minimum absolute atomic E-state index is 0.178. The van der Waals surface area contributed by atoms with Gasteiger partial charge in [0.05, 0.1) is 45.1 Å². The van der Waals surface area contributed by atoms with Crippen LogP contribution in [0, 0.1) is 0 Å². The van der Waals surface area contributed by atoms with Gasteiger partial charge in [-0.2, -0.15) is 0 Å². The average molecular weight is 338 g/mol. The number of hydrogen-bond donors (Lipinski definition) is 1. The first-order valence-electron chi connectivity index (χ1n) is 7.58. The molecule has 1 aromatic heterocycles. The normalized spacial score (nSPS) is 10.4. The van der Waals surface area contributed by atoms with Crippen molar-refractivity contribution in [2.24, 2.45) is 0 Å². The molecule has 1 N–H and O–H groups in total. The zero-order valence-electron chi connectivity index (χ0n) is 14.2. The number of aromatic nitrogens is 2. The fourth-order valence-electron chi connectivity index (χ4n) is 2.54. The van der Waals surface area contributed by atoms with Crippen LogP contribution < -0.4 is 14.2 Å². The lowest BCUT2D eigenvalue weighted by Gasteiger charge is -2.14. The molecule has 0 radical (unpaired) electrons. The van der Waals surface area contributed by atoms with E-state index in [1.165, 1.54) is 0 Å². The lowest BCUT2D eigenvalue weighted by molar-refractivity contribution is 0.324. The highest BCUT2D eigenvalue weighted by Gasteiger charge is 2.15. The van der Waals surface area contributed by atoms with Crippen LogP contribution in [-0.2, 0) is 0 Å². The molecule has 0 saturated heterocycles. The van der Waals surface area contributed by atoms with E-state index in [1.807, 2.05) is 18.2 Å². The summed E-state index contributed by atoms with van der Waals surface area (Å²) in [6.45, 7) is 0. The molecule has 0 aliphatic carbocycles. The number of hydrogen-bond acceptors (Lipinski definition) is 6. The highest BCUT2D eigenvalue weighted by atomic mass is 16.5. The van der Waals surface area contributed by atoms with E-state index < -0.39 is 0 Å². The predicted octanol–water partition coefficient (Wildman–Crippen LogP) is 3.54. The van der Waals surface area contributed by atoms with Crippen LogP contribution in [0.4, 0.5) is 0 Å². The molecule has 0 atom stereocenters. The number of nitrogens with zero attached hydrogens (tertiary/aromatic N) is 2. The smallest absolute Gasteiger partial charge is 0.203 e. The Morgan fingerprint density at radius 3 is 2.00 bits per heavy atom. The van der Waals surface area contributed by atoms with Gasteiger partial charge in [-0.1, -0.05) is 12.1 Å². The van der Waals surface area contributed by atoms with Crippen molar-refractivity contribution in [2.75, 3.05) is 21.3 Å². The van der Waals surface area contributed by atoms with Gasteiger partial charge in [-0.3, -0.25) is 4.98 Å². The number of phenolic OH excluding ortho intramolecular Hbond substituents is 1. The Kier molecular flexibility index (Phi) is 4.70. The average Bonchev–Trinajstić information content (AvgIpc) is 2.66. The largest absolute Gasteiger partial charge is 0.508 e. The van der Waals surface area contributed by atoms with Gasteiger partial charge in [-0.25, -0.2) is 4.98 Å². The van der Waals surface area contributed by atoms with Crippen LogP contribution >= 0.6 is 0 Å². The van der Waals surface area contributed by atoms with Gasteiger partial charge in [0.1, 0.15) is 5.75 Å². The number of aromatic hydroxyl groups is 1. The fraction of sp³-hybridized carbons (Fsp3) is 0.158. The summed E-state index contributed by atoms with van der Waals surface area (Å²) in [5.41, 5.74) is 2.87. The van der Waals surface area contributed by atoms with Crippen molar-refractivity contribution >= 4 is 0 Å². The molecule has 0 bridgehead atoms. The van der Waals surface area contributed by atoms with Crippen LogP contribution in [0.2, 0.25) is 0 Å². The third-order valence-corrected chi connectivity index (χ3v) is 3.74. The maximum absolute atomic E-state index is 9.66. The summed E-state index contributed by atoms with van der Waals surface area (Å²) in [6, 6.07) is 10.5. The van der Waals surface area contributed by atoms with E-state index in [1.54, 1.807) is 51.9 Å². The third kappa shape index (κ3) is 3.33. The molecule has 0 fully saturated rings. The first kappa shape index (κ1) is 16.6. The van der Waals surface area contributed by atoms with Crippen LogP contribution in [0.1, 0.15) is 0 Å². The van der Waals surface area contributed by atoms with Crippen LogP contribution in [0.5, 0.6) is 23.0 Å². The van der Waals surface area contributed by atoms with Crippen molar-refractivity contribution in [1.82, 2.24) is 9.97 Å². The van der Waals surface area contributed by atoms with Crippen molar-refractivity contribution in [1.29, 1.82) is 0 Å². The third-order valence-electron chi connectivity index (χ3n) is 3.74. The molecule has 0 saturated carbocycles. The Bertz CT molecular complexity index is 871. The molecule has 6 nitrogen and oxygen atoms in total. The molecule has 128 valence electrons. The molecular weight excluding hydrogens is 320 g/mol. The summed E-state index contributed by atoms with van der Waals surface area (Å²) in [5, 5.41) is 9.66. The second-order valence-electron chi connectivity index (χ2n) is 5.25. The summed E-state index contributed by atoms with van der Waals surface area (Å²) < 4.78 is 16.1. The minimum Gasteiger partial charge on any atom is -0.508 e. The molecule has 3 rings (SSSR count). The van der Waals surface area contributed by atoms with Gasteiger partial charge < -0.3 is 19.3 Å². The number of benzene rings is 2. The summed E-state index contributed by atoms with van der Waals surface area (Å²) >= 11 is 0. The van der Waals surface area contributed by atoms with Gasteiger partial charge in [0.2, 0.25) is 5.75 Å². The van der Waals surface area contributed by atoms with Gasteiger partial charge in [-0.05, 0) is 24.3 Å². The molecule has 1 heterocycles. The van der Waals surface area contributed by atoms with E-state index in [4.69, 9.17) is 14.2 Å². The van der Waals surface area contributed by atoms with E-state index in [0.717, 1.165) is 11.1 Å². The maximum Gasteiger partial charge on any atom is 0.203 e. The second kappa shape index (κ2) is 7.09. The van der Waals surface area contributed by atoms with Crippen molar-refractivity contribution < 1.29 is 19.3 Å². The summed E-state index contributed by atoms with van der Waals surface area (Å²) in [7, 11) is 4.69. The van der Waals surface area contributed by atoms with Crippen LogP contribution in [-0.4, -0.2) is 36.4 Å². The molecule has 0 aliphatic rings. The number of ether oxygens (including phenoxy) is 3. The van der Waals surface area contributed by atoms with Crippen molar-refractivity contribution in [3.63, 3.8) is 0 Å². The standard InChI is InChI=1S/C19H18N2O4/c1-23-17-8-13(9-18(24-2)19(17)25-3)16-11-20-10-15(21-16)12-5-4-6-14(22)7-12/h4-11,22H,1-3H3. The van der Waals surface area contributed by atoms with Crippen molar-refractivity contribution in [2.45, 2.75) is 0 Å². The SMILES string of the molecule is COc1cc(-c2cncc(-c3cccc(O)c3)n2)cc(OC)c1OC. The molecule has 0 spiro atoms. The first-order chi connectivity index (χ1) is 12.2. The van der Waals surface area contributed by atoms with Gasteiger partial charge in [0, 0.05) is 11.1 Å². The summed E-state index contributed by atoms with van der Waals surface area (Å²) in [5.74, 6) is 1.78. The zero-order valence-corrected chi connectivity index (χ0v) is 14.2. The van der Waals surface area contributed by atoms with E-state index in [9.17, 15) is 5.11 Å². The first-order valence-corrected chi connectivity index (χ1v) is 7.58. The van der Waals surface area contributed by atoms with E-state index >= 15 is 0 Å². The molecule has 0 unspecified atom stereocenters. The summed E-state index contributed by atoms with van der Waals surface area (Å²) in [4.78, 5) is 8.90. The number of rotatable bonds is 5. The molecule has 6 heteroatoms. The Balaban J connectivity index is 2.10. The quantitative estimate of drug-likeness (QED) is 0.767. The number of phenols is 1. The van der Waals surface area contributed by atoms with Crippen LogP contribution in [0.25, 0.3) is 22.5 Å². The van der Waals surface area contributed by atoms with E-state index in [0.29, 0.717) is 28.6 Å². The second-order valence-corrected chi connectivity index (χ2v) is 5.25. The highest BCUT2D eigenvalue weighted by molar-refractivity contribution is 5.70. The monoisotopic (exact) mass is 338 g/mol. The van der Waals surface area contributed by atoms with Crippen molar-refractivity contribution in [3.05, 3.63) is 48.8 Å². The molecule has 0 amide bonds. The van der Waals surface area contributed by atoms with Crippen molar-refractivity contribution in [3.8, 4) is 45.5 Å². The molecule has 25 heavy (non-hydrogen) atoms. The van der Waals surface area contributed by atoms with E-state index in [-0.39, 0.29) is 5.75 Å². The highest BCUT2D eigenvalue weighted by Crippen LogP contribution is 2.40. The van der Waals surface area contributed by atoms with Gasteiger partial charge in [0.15, 0.2) is 11.5 Å². The minimum atomic E-state index is 0.178. The molecule has 2 aromatic carbocycles. The molecule has 3 aromatic rings. The lowest BCUT2D eigenvalue weighted by Crippen LogP contribution is -1.97. The maximum atomic E-state index is 9.66. The molecule has 0 aliphatic heterocycles. The topological polar surface area (TPSA) is 73.7 Å². The Morgan fingerprint density at radius 2 is 1.44 bits per heavy atom. The predicted molar refractivity (Wildman–Crippen MR) is 94.2 cm³/mol. The summed E-state index contributed by atoms with van der Waals surface area (Å²) in [6.07, 6.45) is 3.31. The fourth-order valence-corrected chi connectivity index (χ4v) is 2.54. The molecular formula is C19H18N2O4. The van der Waals surface area contributed by atoms with Gasteiger partial charge in [0.25, 0.3) is 0 Å². The lowest BCUT2D eigenvalue weighted by atomic mass is 10.1. The van der Waals surface area contributed by atoms with Crippen LogP contribution in [0.3, 0.4) is 0 Å².